The lowest BCUT2D eigenvalue weighted by Crippen LogP contribution is -2.04. The fraction of sp³-hybridized carbons (Fsp3) is 0.0588. The molecule has 0 bridgehead atoms. The zero-order valence-corrected chi connectivity index (χ0v) is 14.3. The molecule has 10 heteroatoms. The first-order valence-electron chi connectivity index (χ1n) is 7.48. The molecule has 2 N–H and O–H groups in total. The van der Waals surface area contributed by atoms with Crippen molar-refractivity contribution < 1.29 is 23.1 Å². The first kappa shape index (κ1) is 18.5. The Kier molecular flexibility index (Phi) is 4.91. The fourth-order valence-electron chi connectivity index (χ4n) is 2.27. The molecule has 1 aromatic heterocycles. The standard InChI is InChI=1S/C17H11F3N4O2S/c18-17(19,20)13-6-4-11(5-7-13)14-22-23-16(27)24(14)21-9-10-2-1-3-12(8-10)15(25)26/h1-9H,(H,23,27)(H,25,26)/b21-9+. The summed E-state index contributed by atoms with van der Waals surface area (Å²) in [5.74, 6) is -0.852. The van der Waals surface area contributed by atoms with E-state index in [-0.39, 0.29) is 16.2 Å². The van der Waals surface area contributed by atoms with Gasteiger partial charge >= 0.3 is 12.1 Å². The van der Waals surface area contributed by atoms with E-state index in [2.05, 4.69) is 15.3 Å². The van der Waals surface area contributed by atoms with Crippen LogP contribution in [0.15, 0.2) is 53.6 Å². The van der Waals surface area contributed by atoms with Crippen molar-refractivity contribution in [3.8, 4) is 11.4 Å². The number of nitrogens with one attached hydrogen (secondary N) is 1. The number of aromatic nitrogens is 3. The Balaban J connectivity index is 1.95. The lowest BCUT2D eigenvalue weighted by Gasteiger charge is -2.07. The highest BCUT2D eigenvalue weighted by atomic mass is 32.1. The van der Waals surface area contributed by atoms with E-state index in [1.54, 1.807) is 12.1 Å². The second-order valence-electron chi connectivity index (χ2n) is 5.41. The van der Waals surface area contributed by atoms with Crippen LogP contribution in [-0.4, -0.2) is 32.2 Å². The van der Waals surface area contributed by atoms with Gasteiger partial charge in [0.2, 0.25) is 4.77 Å². The second kappa shape index (κ2) is 7.16. The lowest BCUT2D eigenvalue weighted by molar-refractivity contribution is -0.137. The van der Waals surface area contributed by atoms with Gasteiger partial charge in [-0.15, -0.1) is 0 Å². The molecule has 3 aromatic rings. The molecule has 3 rings (SSSR count). The Bertz CT molecular complexity index is 1070. The maximum absolute atomic E-state index is 12.7. The molecule has 0 saturated carbocycles. The van der Waals surface area contributed by atoms with Crippen LogP contribution in [-0.2, 0) is 6.18 Å². The minimum atomic E-state index is -4.43. The molecule has 0 radical (unpaired) electrons. The van der Waals surface area contributed by atoms with Crippen molar-refractivity contribution in [1.82, 2.24) is 14.9 Å². The van der Waals surface area contributed by atoms with Crippen LogP contribution in [0.3, 0.4) is 0 Å². The molecule has 0 aliphatic rings. The largest absolute Gasteiger partial charge is 0.478 e. The number of benzene rings is 2. The maximum atomic E-state index is 12.7. The van der Waals surface area contributed by atoms with Gasteiger partial charge in [0, 0.05) is 5.56 Å². The molecule has 6 nitrogen and oxygen atoms in total. The summed E-state index contributed by atoms with van der Waals surface area (Å²) in [6.45, 7) is 0. The highest BCUT2D eigenvalue weighted by Gasteiger charge is 2.30. The van der Waals surface area contributed by atoms with Gasteiger partial charge in [-0.05, 0) is 42.0 Å². The molecule has 0 saturated heterocycles. The van der Waals surface area contributed by atoms with Crippen LogP contribution >= 0.6 is 12.2 Å². The van der Waals surface area contributed by atoms with Crippen molar-refractivity contribution in [3.63, 3.8) is 0 Å². The molecule has 1 heterocycles. The van der Waals surface area contributed by atoms with E-state index in [0.29, 0.717) is 11.1 Å². The minimum Gasteiger partial charge on any atom is -0.478 e. The number of H-pyrrole nitrogens is 1. The number of aromatic amines is 1. The number of aromatic carboxylic acids is 1. The van der Waals surface area contributed by atoms with E-state index in [1.165, 1.54) is 35.2 Å². The number of carbonyl (C=O) groups is 1. The van der Waals surface area contributed by atoms with Crippen molar-refractivity contribution >= 4 is 24.4 Å². The molecule has 0 amide bonds. The Hall–Kier alpha value is -3.27. The number of carboxylic acid groups (broad SMARTS) is 1. The molecule has 0 spiro atoms. The third-order valence-electron chi connectivity index (χ3n) is 3.58. The van der Waals surface area contributed by atoms with Gasteiger partial charge < -0.3 is 5.11 Å². The lowest BCUT2D eigenvalue weighted by atomic mass is 10.1. The van der Waals surface area contributed by atoms with E-state index in [4.69, 9.17) is 17.3 Å². The SMILES string of the molecule is O=C(O)c1cccc(/C=N/n2c(-c3ccc(C(F)(F)F)cc3)n[nH]c2=S)c1. The van der Waals surface area contributed by atoms with Crippen molar-refractivity contribution in [1.29, 1.82) is 0 Å². The Morgan fingerprint density at radius 2 is 1.93 bits per heavy atom. The molecule has 0 unspecified atom stereocenters. The van der Waals surface area contributed by atoms with Gasteiger partial charge in [0.25, 0.3) is 0 Å². The zero-order chi connectivity index (χ0) is 19.6. The van der Waals surface area contributed by atoms with Gasteiger partial charge in [-0.3, -0.25) is 0 Å². The number of carboxylic acids is 1. The average Bonchev–Trinajstić information content (AvgIpc) is 3.00. The molecule has 0 aliphatic heterocycles. The first-order valence-corrected chi connectivity index (χ1v) is 7.89. The van der Waals surface area contributed by atoms with Crippen molar-refractivity contribution in [2.24, 2.45) is 5.10 Å². The summed E-state index contributed by atoms with van der Waals surface area (Å²) < 4.78 is 39.5. The number of halogens is 3. The molecule has 0 aliphatic carbocycles. The Labute approximate surface area is 155 Å². The van der Waals surface area contributed by atoms with Crippen molar-refractivity contribution in [3.05, 3.63) is 70.0 Å². The van der Waals surface area contributed by atoms with Crippen LogP contribution < -0.4 is 0 Å². The topological polar surface area (TPSA) is 83.3 Å². The highest BCUT2D eigenvalue weighted by molar-refractivity contribution is 7.71. The van der Waals surface area contributed by atoms with E-state index in [9.17, 15) is 18.0 Å². The van der Waals surface area contributed by atoms with Gasteiger partial charge in [0.05, 0.1) is 17.3 Å². The quantitative estimate of drug-likeness (QED) is 0.515. The number of hydrogen-bond acceptors (Lipinski definition) is 4. The molecule has 0 atom stereocenters. The third kappa shape index (κ3) is 4.11. The van der Waals surface area contributed by atoms with Crippen LogP contribution in [0.1, 0.15) is 21.5 Å². The van der Waals surface area contributed by atoms with E-state index < -0.39 is 17.7 Å². The van der Waals surface area contributed by atoms with Gasteiger partial charge in [-0.2, -0.15) is 28.0 Å². The number of alkyl halides is 3. The zero-order valence-electron chi connectivity index (χ0n) is 13.4. The van der Waals surface area contributed by atoms with Gasteiger partial charge in [0.1, 0.15) is 0 Å². The van der Waals surface area contributed by atoms with Gasteiger partial charge in [0.15, 0.2) is 5.82 Å². The van der Waals surface area contributed by atoms with Crippen LogP contribution in [0, 0.1) is 4.77 Å². The summed E-state index contributed by atoms with van der Waals surface area (Å²) in [4.78, 5) is 11.0. The smallest absolute Gasteiger partial charge is 0.416 e. The normalized spacial score (nSPS) is 11.8. The monoisotopic (exact) mass is 392 g/mol. The predicted molar refractivity (Wildman–Crippen MR) is 94.2 cm³/mol. The number of hydrogen-bond donors (Lipinski definition) is 2. The Morgan fingerprint density at radius 3 is 2.56 bits per heavy atom. The summed E-state index contributed by atoms with van der Waals surface area (Å²) in [7, 11) is 0. The van der Waals surface area contributed by atoms with Crippen molar-refractivity contribution in [2.45, 2.75) is 6.18 Å². The van der Waals surface area contributed by atoms with E-state index in [1.807, 2.05) is 0 Å². The maximum Gasteiger partial charge on any atom is 0.416 e. The Morgan fingerprint density at radius 1 is 1.22 bits per heavy atom. The third-order valence-corrected chi connectivity index (χ3v) is 3.84. The van der Waals surface area contributed by atoms with E-state index >= 15 is 0 Å². The summed E-state index contributed by atoms with van der Waals surface area (Å²) in [6.07, 6.45) is -3.05. The molecule has 27 heavy (non-hydrogen) atoms. The molecular weight excluding hydrogens is 381 g/mol. The summed E-state index contributed by atoms with van der Waals surface area (Å²) in [5, 5.41) is 19.7. The molecular formula is C17H11F3N4O2S. The summed E-state index contributed by atoms with van der Waals surface area (Å²) in [6, 6.07) is 10.5. The van der Waals surface area contributed by atoms with Crippen LogP contribution in [0.4, 0.5) is 13.2 Å². The first-order chi connectivity index (χ1) is 12.8. The second-order valence-corrected chi connectivity index (χ2v) is 5.80. The summed E-state index contributed by atoms with van der Waals surface area (Å²) >= 11 is 5.10. The minimum absolute atomic E-state index is 0.0951. The average molecular weight is 392 g/mol. The molecule has 138 valence electrons. The summed E-state index contributed by atoms with van der Waals surface area (Å²) in [5.41, 5.74) is 0.210. The van der Waals surface area contributed by atoms with Crippen LogP contribution in [0.5, 0.6) is 0 Å². The van der Waals surface area contributed by atoms with Crippen molar-refractivity contribution in [2.75, 3.05) is 0 Å². The fourth-order valence-corrected chi connectivity index (χ4v) is 2.45. The molecule has 2 aromatic carbocycles. The van der Waals surface area contributed by atoms with Crippen LogP contribution in [0.25, 0.3) is 11.4 Å². The number of nitrogens with zero attached hydrogens (tertiary/aromatic N) is 3. The van der Waals surface area contributed by atoms with Gasteiger partial charge in [-0.1, -0.05) is 24.3 Å². The predicted octanol–water partition coefficient (Wildman–Crippen LogP) is 4.21. The number of rotatable bonds is 4. The van der Waals surface area contributed by atoms with E-state index in [0.717, 1.165) is 12.1 Å². The highest BCUT2D eigenvalue weighted by Crippen LogP contribution is 2.30. The van der Waals surface area contributed by atoms with Gasteiger partial charge in [-0.25, -0.2) is 9.89 Å². The van der Waals surface area contributed by atoms with Crippen LogP contribution in [0.2, 0.25) is 0 Å². The molecule has 0 fully saturated rings.